The lowest BCUT2D eigenvalue weighted by Gasteiger charge is -2.39. The van der Waals surface area contributed by atoms with Crippen LogP contribution < -0.4 is 16.0 Å². The molecule has 0 unspecified atom stereocenters. The van der Waals surface area contributed by atoms with Gasteiger partial charge in [0.2, 0.25) is 5.91 Å². The van der Waals surface area contributed by atoms with Crippen molar-refractivity contribution in [2.45, 2.75) is 57.1 Å². The quantitative estimate of drug-likeness (QED) is 0.266. The van der Waals surface area contributed by atoms with E-state index in [4.69, 9.17) is 9.31 Å². The number of nitrogens with zero attached hydrogens (tertiary/aromatic N) is 2. The van der Waals surface area contributed by atoms with E-state index in [0.717, 1.165) is 5.56 Å². The van der Waals surface area contributed by atoms with Gasteiger partial charge in [0.05, 0.1) is 25.0 Å². The molecule has 3 atom stereocenters. The van der Waals surface area contributed by atoms with Crippen LogP contribution in [0.3, 0.4) is 0 Å². The number of carbonyl (C=O) groups excluding carboxylic acids is 4. The molecule has 2 aromatic rings. The number of amides is 3. The summed E-state index contributed by atoms with van der Waals surface area (Å²) in [7, 11) is -0.164. The van der Waals surface area contributed by atoms with Crippen molar-refractivity contribution in [1.29, 1.82) is 0 Å². The van der Waals surface area contributed by atoms with Crippen molar-refractivity contribution in [2.75, 3.05) is 7.05 Å². The topological polar surface area (TPSA) is 186 Å². The summed E-state index contributed by atoms with van der Waals surface area (Å²) >= 11 is 0. The number of aliphatic carboxylic acids is 1. The van der Waals surface area contributed by atoms with Crippen molar-refractivity contribution in [2.24, 2.45) is 5.92 Å². The average Bonchev–Trinajstić information content (AvgIpc) is 2.91. The molecule has 0 spiro atoms. The highest BCUT2D eigenvalue weighted by Crippen LogP contribution is 2.30. The van der Waals surface area contributed by atoms with Gasteiger partial charge >= 0.3 is 13.1 Å². The van der Waals surface area contributed by atoms with Crippen LogP contribution in [0.25, 0.3) is 0 Å². The number of carboxylic acid groups (broad SMARTS) is 1. The first-order valence-corrected chi connectivity index (χ1v) is 12.8. The van der Waals surface area contributed by atoms with Crippen LogP contribution in [0.1, 0.15) is 49.2 Å². The number of benzene rings is 1. The minimum absolute atomic E-state index is 0.0145. The second-order valence-electron chi connectivity index (χ2n) is 9.85. The summed E-state index contributed by atoms with van der Waals surface area (Å²) in [6.45, 7) is 3.73. The summed E-state index contributed by atoms with van der Waals surface area (Å²) in [5.74, 6) is -5.24. The molecule has 1 aliphatic rings. The lowest BCUT2D eigenvalue weighted by molar-refractivity contribution is -0.164. The Kier molecular flexibility index (Phi) is 10.3. The maximum atomic E-state index is 13.6. The Hall–Kier alpha value is -4.33. The van der Waals surface area contributed by atoms with Crippen LogP contribution in [0.15, 0.2) is 48.9 Å². The molecular formula is C26H32BN5O8. The first-order valence-electron chi connectivity index (χ1n) is 12.8. The van der Waals surface area contributed by atoms with Crippen LogP contribution in [0.5, 0.6) is 0 Å². The van der Waals surface area contributed by atoms with Crippen LogP contribution in [0.4, 0.5) is 0 Å². The van der Waals surface area contributed by atoms with E-state index in [1.807, 2.05) is 19.9 Å². The molecule has 0 aliphatic carbocycles. The van der Waals surface area contributed by atoms with Gasteiger partial charge in [-0.25, -0.2) is 4.98 Å². The fourth-order valence-corrected chi connectivity index (χ4v) is 4.38. The molecule has 0 saturated carbocycles. The number of carboxylic acids is 1. The van der Waals surface area contributed by atoms with Crippen molar-refractivity contribution in [1.82, 2.24) is 25.9 Å². The lowest BCUT2D eigenvalue weighted by atomic mass is 9.70. The molecule has 4 N–H and O–H groups in total. The molecule has 2 heterocycles. The number of aromatic nitrogens is 2. The first-order chi connectivity index (χ1) is 19.0. The summed E-state index contributed by atoms with van der Waals surface area (Å²) in [5, 5.41) is 17.3. The molecular weight excluding hydrogens is 521 g/mol. The van der Waals surface area contributed by atoms with Gasteiger partial charge in [0.15, 0.2) is 5.60 Å². The van der Waals surface area contributed by atoms with Gasteiger partial charge in [-0.05, 0) is 17.9 Å². The molecule has 1 saturated heterocycles. The van der Waals surface area contributed by atoms with Crippen LogP contribution in [0.2, 0.25) is 0 Å². The molecule has 40 heavy (non-hydrogen) atoms. The van der Waals surface area contributed by atoms with Gasteiger partial charge in [-0.2, -0.15) is 0 Å². The highest BCUT2D eigenvalue weighted by molar-refractivity contribution is 6.50. The highest BCUT2D eigenvalue weighted by Gasteiger charge is 2.54. The second kappa shape index (κ2) is 13.6. The molecule has 13 nitrogen and oxygen atoms in total. The van der Waals surface area contributed by atoms with Crippen molar-refractivity contribution in [3.8, 4) is 0 Å². The van der Waals surface area contributed by atoms with Gasteiger partial charge in [0.1, 0.15) is 11.7 Å². The van der Waals surface area contributed by atoms with Crippen molar-refractivity contribution in [3.05, 3.63) is 60.2 Å². The fraction of sp³-hybridized carbons (Fsp3) is 0.423. The van der Waals surface area contributed by atoms with Crippen LogP contribution in [-0.2, 0) is 34.9 Å². The predicted octanol–water partition coefficient (Wildman–Crippen LogP) is 0.299. The average molecular weight is 553 g/mol. The monoisotopic (exact) mass is 553 g/mol. The second-order valence-corrected chi connectivity index (χ2v) is 9.85. The third-order valence-corrected chi connectivity index (χ3v) is 6.18. The van der Waals surface area contributed by atoms with E-state index in [-0.39, 0.29) is 24.5 Å². The fourth-order valence-electron chi connectivity index (χ4n) is 4.38. The number of carbonyl (C=O) groups is 5. The van der Waals surface area contributed by atoms with Gasteiger partial charge in [-0.3, -0.25) is 29.0 Å². The Balaban J connectivity index is 1.89. The third kappa shape index (κ3) is 8.09. The molecule has 1 aromatic heterocycles. The molecule has 3 rings (SSSR count). The SMILES string of the molecule is CNC(=O)[C@]1(CC(=O)O)CC(=O)OB([C@H](CC(C)C)NC(=O)[C@H](Cc2ccccc2)NC(=O)c2cnccn2)O1. The number of hydrogen-bond acceptors (Lipinski definition) is 9. The Labute approximate surface area is 231 Å². The molecule has 3 amide bonds. The third-order valence-electron chi connectivity index (χ3n) is 6.18. The largest absolute Gasteiger partial charge is 0.552 e. The minimum atomic E-state index is -2.02. The summed E-state index contributed by atoms with van der Waals surface area (Å²) in [6.07, 6.45) is 3.01. The highest BCUT2D eigenvalue weighted by atomic mass is 16.6. The molecule has 0 radical (unpaired) electrons. The molecule has 1 aromatic carbocycles. The summed E-state index contributed by atoms with van der Waals surface area (Å²) in [4.78, 5) is 71.2. The Morgan fingerprint density at radius 1 is 1.12 bits per heavy atom. The Morgan fingerprint density at radius 2 is 1.85 bits per heavy atom. The Bertz CT molecular complexity index is 1210. The van der Waals surface area contributed by atoms with Crippen LogP contribution >= 0.6 is 0 Å². The van der Waals surface area contributed by atoms with Gasteiger partial charge < -0.3 is 30.4 Å². The molecule has 0 bridgehead atoms. The number of hydrogen-bond donors (Lipinski definition) is 4. The predicted molar refractivity (Wildman–Crippen MR) is 141 cm³/mol. The minimum Gasteiger partial charge on any atom is -0.508 e. The van der Waals surface area contributed by atoms with Crippen molar-refractivity contribution in [3.63, 3.8) is 0 Å². The zero-order chi connectivity index (χ0) is 29.3. The van der Waals surface area contributed by atoms with Crippen LogP contribution in [0, 0.1) is 5.92 Å². The maximum Gasteiger partial charge on any atom is 0.552 e. The standard InChI is InChI=1S/C26H32BN5O8/c1-16(2)11-20(27-39-22(35)14-26(40-27,13-21(33)34)25(38)28-3)32-23(36)18(12-17-7-5-4-6-8-17)31-24(37)19-15-29-9-10-30-19/h4-10,15-16,18,20H,11-14H2,1-3H3,(H,28,38)(H,31,37)(H,32,36)(H,33,34)/t18-,20-,26-/m0/s1. The molecule has 14 heteroatoms. The van der Waals surface area contributed by atoms with Crippen molar-refractivity contribution < 1.29 is 38.4 Å². The summed E-state index contributed by atoms with van der Waals surface area (Å²) in [6, 6.07) is 7.94. The zero-order valence-electron chi connectivity index (χ0n) is 22.5. The van der Waals surface area contributed by atoms with E-state index in [1.165, 1.54) is 25.6 Å². The summed E-state index contributed by atoms with van der Waals surface area (Å²) < 4.78 is 11.2. The van der Waals surface area contributed by atoms with Gasteiger partial charge in [-0.15, -0.1) is 0 Å². The number of rotatable bonds is 12. The molecule has 1 aliphatic heterocycles. The maximum absolute atomic E-state index is 13.6. The van der Waals surface area contributed by atoms with E-state index in [0.29, 0.717) is 0 Å². The summed E-state index contributed by atoms with van der Waals surface area (Å²) in [5.41, 5.74) is -1.24. The van der Waals surface area contributed by atoms with E-state index in [2.05, 4.69) is 25.9 Å². The zero-order valence-corrected chi connectivity index (χ0v) is 22.5. The Morgan fingerprint density at radius 3 is 2.45 bits per heavy atom. The smallest absolute Gasteiger partial charge is 0.508 e. The first kappa shape index (κ1) is 30.2. The lowest BCUT2D eigenvalue weighted by Crippen LogP contribution is -2.64. The van der Waals surface area contributed by atoms with E-state index < -0.39 is 67.2 Å². The van der Waals surface area contributed by atoms with E-state index in [9.17, 15) is 29.1 Å². The van der Waals surface area contributed by atoms with Gasteiger partial charge in [-0.1, -0.05) is 44.2 Å². The molecule has 212 valence electrons. The van der Waals surface area contributed by atoms with E-state index >= 15 is 0 Å². The van der Waals surface area contributed by atoms with Gasteiger partial charge in [0, 0.05) is 25.9 Å². The van der Waals surface area contributed by atoms with Crippen LogP contribution in [-0.4, -0.2) is 76.5 Å². The normalized spacial score (nSPS) is 18.3. The van der Waals surface area contributed by atoms with Gasteiger partial charge in [0.25, 0.3) is 17.8 Å². The number of nitrogens with one attached hydrogen (secondary N) is 3. The van der Waals surface area contributed by atoms with Crippen molar-refractivity contribution >= 4 is 36.8 Å². The molecule has 1 fully saturated rings. The van der Waals surface area contributed by atoms with E-state index in [1.54, 1.807) is 24.3 Å². The number of likely N-dealkylation sites (N-methyl/N-ethyl adjacent to an activating group) is 1.